The van der Waals surface area contributed by atoms with Crippen molar-refractivity contribution in [1.29, 1.82) is 0 Å². The summed E-state index contributed by atoms with van der Waals surface area (Å²) in [5.41, 5.74) is 2.92. The molecule has 0 bridgehead atoms. The van der Waals surface area contributed by atoms with Crippen molar-refractivity contribution in [1.82, 2.24) is 0 Å². The molecule has 0 radical (unpaired) electrons. The van der Waals surface area contributed by atoms with Crippen LogP contribution >= 0.6 is 0 Å². The molecule has 1 nitrogen and oxygen atoms in total. The molecule has 0 aromatic heterocycles. The fourth-order valence-electron chi connectivity index (χ4n) is 1.90. The Morgan fingerprint density at radius 3 is 2.00 bits per heavy atom. The van der Waals surface area contributed by atoms with Gasteiger partial charge in [0.1, 0.15) is 0 Å². The summed E-state index contributed by atoms with van der Waals surface area (Å²) >= 11 is 0. The maximum absolute atomic E-state index is 11.8. The Morgan fingerprint density at radius 2 is 1.50 bits per heavy atom. The molecule has 1 heteroatoms. The first-order valence-corrected chi connectivity index (χ1v) is 8.01. The van der Waals surface area contributed by atoms with Crippen LogP contribution in [0.5, 0.6) is 0 Å². The number of carbonyl (C=O) groups is 1. The molecule has 0 fully saturated rings. The lowest BCUT2D eigenvalue weighted by Crippen LogP contribution is -1.93. The van der Waals surface area contributed by atoms with E-state index < -0.39 is 0 Å². The molecular formula is C21H26O. The van der Waals surface area contributed by atoms with Gasteiger partial charge in [-0.15, -0.1) is 0 Å². The van der Waals surface area contributed by atoms with Crippen molar-refractivity contribution in [2.75, 3.05) is 0 Å². The zero-order valence-electron chi connectivity index (χ0n) is 13.9. The third kappa shape index (κ3) is 7.03. The molecule has 0 aliphatic rings. The molecule has 0 aliphatic heterocycles. The van der Waals surface area contributed by atoms with Gasteiger partial charge in [-0.05, 0) is 18.6 Å². The van der Waals surface area contributed by atoms with Gasteiger partial charge in [-0.25, -0.2) is 0 Å². The minimum atomic E-state index is 0.0360. The van der Waals surface area contributed by atoms with Gasteiger partial charge in [0.05, 0.1) is 0 Å². The Bertz CT molecular complexity index is 563. The maximum atomic E-state index is 11.8. The van der Waals surface area contributed by atoms with Gasteiger partial charge in [0.15, 0.2) is 5.78 Å². The SMILES string of the molecule is CCCCC.Cc1ccc(C(=O)C=Cc2ccccc2)cc1. The molecule has 0 unspecified atom stereocenters. The summed E-state index contributed by atoms with van der Waals surface area (Å²) in [6.45, 7) is 6.43. The number of unbranched alkanes of at least 4 members (excludes halogenated alkanes) is 2. The van der Waals surface area contributed by atoms with Crippen LogP contribution in [0.3, 0.4) is 0 Å². The van der Waals surface area contributed by atoms with Crippen molar-refractivity contribution in [2.24, 2.45) is 0 Å². The zero-order valence-corrected chi connectivity index (χ0v) is 13.9. The number of hydrogen-bond acceptors (Lipinski definition) is 1. The molecule has 116 valence electrons. The van der Waals surface area contributed by atoms with Crippen LogP contribution in [0.1, 0.15) is 54.6 Å². The number of aryl methyl sites for hydroxylation is 1. The fourth-order valence-corrected chi connectivity index (χ4v) is 1.90. The summed E-state index contributed by atoms with van der Waals surface area (Å²) in [6.07, 6.45) is 7.52. The van der Waals surface area contributed by atoms with Gasteiger partial charge in [0.2, 0.25) is 0 Å². The lowest BCUT2D eigenvalue weighted by Gasteiger charge is -1.96. The first kappa shape index (κ1) is 17.9. The Kier molecular flexibility index (Phi) is 8.59. The van der Waals surface area contributed by atoms with E-state index in [1.165, 1.54) is 19.3 Å². The summed E-state index contributed by atoms with van der Waals surface area (Å²) in [5, 5.41) is 0. The highest BCUT2D eigenvalue weighted by atomic mass is 16.1. The van der Waals surface area contributed by atoms with Crippen LogP contribution in [0.15, 0.2) is 60.7 Å². The predicted octanol–water partition coefficient (Wildman–Crippen LogP) is 6.09. The van der Waals surface area contributed by atoms with Crippen molar-refractivity contribution in [3.05, 3.63) is 77.4 Å². The van der Waals surface area contributed by atoms with E-state index in [1.54, 1.807) is 6.08 Å². The van der Waals surface area contributed by atoms with Crippen LogP contribution in [0.2, 0.25) is 0 Å². The Balaban J connectivity index is 0.000000422. The summed E-state index contributed by atoms with van der Waals surface area (Å²) in [5.74, 6) is 0.0360. The third-order valence-corrected chi connectivity index (χ3v) is 3.27. The van der Waals surface area contributed by atoms with Crippen LogP contribution in [0.25, 0.3) is 6.08 Å². The van der Waals surface area contributed by atoms with Gasteiger partial charge in [0, 0.05) is 5.56 Å². The predicted molar refractivity (Wildman–Crippen MR) is 96.2 cm³/mol. The molecule has 0 spiro atoms. The van der Waals surface area contributed by atoms with Crippen LogP contribution in [0, 0.1) is 6.92 Å². The number of hydrogen-bond donors (Lipinski definition) is 0. The van der Waals surface area contributed by atoms with E-state index in [2.05, 4.69) is 13.8 Å². The van der Waals surface area contributed by atoms with E-state index in [4.69, 9.17) is 0 Å². The maximum Gasteiger partial charge on any atom is 0.185 e. The summed E-state index contributed by atoms with van der Waals surface area (Å²) < 4.78 is 0. The first-order chi connectivity index (χ1) is 10.7. The van der Waals surface area contributed by atoms with Gasteiger partial charge in [0.25, 0.3) is 0 Å². The first-order valence-electron chi connectivity index (χ1n) is 8.01. The van der Waals surface area contributed by atoms with Crippen LogP contribution in [-0.4, -0.2) is 5.78 Å². The van der Waals surface area contributed by atoms with Crippen molar-refractivity contribution in [3.63, 3.8) is 0 Å². The highest BCUT2D eigenvalue weighted by Gasteiger charge is 1.99. The molecule has 0 saturated carbocycles. The second kappa shape index (κ2) is 10.6. The molecule has 0 saturated heterocycles. The van der Waals surface area contributed by atoms with E-state index in [-0.39, 0.29) is 5.78 Å². The molecule has 0 aliphatic carbocycles. The highest BCUT2D eigenvalue weighted by molar-refractivity contribution is 6.06. The summed E-state index contributed by atoms with van der Waals surface area (Å²) in [6, 6.07) is 17.4. The zero-order chi connectivity index (χ0) is 16.2. The molecule has 0 atom stereocenters. The molecule has 2 aromatic rings. The van der Waals surface area contributed by atoms with E-state index in [0.717, 1.165) is 16.7 Å². The number of rotatable bonds is 5. The van der Waals surface area contributed by atoms with Crippen LogP contribution in [-0.2, 0) is 0 Å². The van der Waals surface area contributed by atoms with Gasteiger partial charge in [-0.3, -0.25) is 4.79 Å². The minimum absolute atomic E-state index is 0.0360. The lowest BCUT2D eigenvalue weighted by atomic mass is 10.1. The standard InChI is InChI=1S/C16H14O.C5H12/c1-13-7-10-15(11-8-13)16(17)12-9-14-5-3-2-4-6-14;1-3-5-4-2/h2-12H,1H3;3-5H2,1-2H3. The molecule has 0 N–H and O–H groups in total. The third-order valence-electron chi connectivity index (χ3n) is 3.27. The lowest BCUT2D eigenvalue weighted by molar-refractivity contribution is 0.104. The van der Waals surface area contributed by atoms with Crippen molar-refractivity contribution in [2.45, 2.75) is 40.0 Å². The van der Waals surface area contributed by atoms with E-state index >= 15 is 0 Å². The summed E-state index contributed by atoms with van der Waals surface area (Å²) in [4.78, 5) is 11.8. The van der Waals surface area contributed by atoms with E-state index in [0.29, 0.717) is 0 Å². The van der Waals surface area contributed by atoms with Crippen molar-refractivity contribution >= 4 is 11.9 Å². The second-order valence-electron chi connectivity index (χ2n) is 5.33. The Hall–Kier alpha value is -2.15. The largest absolute Gasteiger partial charge is 0.289 e. The summed E-state index contributed by atoms with van der Waals surface area (Å²) in [7, 11) is 0. The van der Waals surface area contributed by atoms with Gasteiger partial charge >= 0.3 is 0 Å². The Labute approximate surface area is 134 Å². The topological polar surface area (TPSA) is 17.1 Å². The molecule has 2 aromatic carbocycles. The molecule has 2 rings (SSSR count). The fraction of sp³-hybridized carbons (Fsp3) is 0.286. The van der Waals surface area contributed by atoms with Crippen molar-refractivity contribution in [3.8, 4) is 0 Å². The molecule has 0 heterocycles. The average molecular weight is 294 g/mol. The second-order valence-corrected chi connectivity index (χ2v) is 5.33. The quantitative estimate of drug-likeness (QED) is 0.482. The van der Waals surface area contributed by atoms with E-state index in [1.807, 2.05) is 67.6 Å². The molecule has 22 heavy (non-hydrogen) atoms. The number of ketones is 1. The van der Waals surface area contributed by atoms with E-state index in [9.17, 15) is 4.79 Å². The minimum Gasteiger partial charge on any atom is -0.289 e. The Morgan fingerprint density at radius 1 is 0.909 bits per heavy atom. The normalized spacial score (nSPS) is 10.1. The van der Waals surface area contributed by atoms with Gasteiger partial charge in [-0.2, -0.15) is 0 Å². The molecule has 0 amide bonds. The highest BCUT2D eigenvalue weighted by Crippen LogP contribution is 2.07. The van der Waals surface area contributed by atoms with Crippen LogP contribution < -0.4 is 0 Å². The van der Waals surface area contributed by atoms with Gasteiger partial charge < -0.3 is 0 Å². The van der Waals surface area contributed by atoms with Gasteiger partial charge in [-0.1, -0.05) is 99.3 Å². The number of allylic oxidation sites excluding steroid dienone is 1. The van der Waals surface area contributed by atoms with Crippen LogP contribution in [0.4, 0.5) is 0 Å². The smallest absolute Gasteiger partial charge is 0.185 e. The average Bonchev–Trinajstić information content (AvgIpc) is 2.55. The molecular weight excluding hydrogens is 268 g/mol. The number of carbonyl (C=O) groups excluding carboxylic acids is 1. The number of benzene rings is 2. The van der Waals surface area contributed by atoms with Crippen molar-refractivity contribution < 1.29 is 4.79 Å². The monoisotopic (exact) mass is 294 g/mol.